The van der Waals surface area contributed by atoms with Crippen molar-refractivity contribution in [3.05, 3.63) is 23.4 Å². The summed E-state index contributed by atoms with van der Waals surface area (Å²) in [6.07, 6.45) is 3.50. The lowest BCUT2D eigenvalue weighted by atomic mass is 10.1. The second-order valence-corrected chi connectivity index (χ2v) is 6.39. The van der Waals surface area contributed by atoms with Gasteiger partial charge in [-0.15, -0.1) is 10.2 Å². The van der Waals surface area contributed by atoms with Gasteiger partial charge in [0.2, 0.25) is 5.89 Å². The Morgan fingerprint density at radius 2 is 2.05 bits per heavy atom. The highest BCUT2D eigenvalue weighted by atomic mass is 16.5. The Morgan fingerprint density at radius 1 is 1.18 bits per heavy atom. The molecule has 0 spiro atoms. The molecule has 2 aromatic heterocycles. The summed E-state index contributed by atoms with van der Waals surface area (Å²) >= 11 is 0. The van der Waals surface area contributed by atoms with Gasteiger partial charge in [0, 0.05) is 19.0 Å². The van der Waals surface area contributed by atoms with E-state index in [1.807, 2.05) is 6.92 Å². The second-order valence-electron chi connectivity index (χ2n) is 6.39. The first-order valence-corrected chi connectivity index (χ1v) is 8.19. The lowest BCUT2D eigenvalue weighted by Crippen LogP contribution is -2.22. The Kier molecular flexibility index (Phi) is 3.44. The molecule has 1 atom stereocenters. The zero-order valence-electron chi connectivity index (χ0n) is 13.2. The molecule has 0 N–H and O–H groups in total. The minimum absolute atomic E-state index is 0.360. The van der Waals surface area contributed by atoms with Crippen LogP contribution in [0.5, 0.6) is 0 Å². The third kappa shape index (κ3) is 2.54. The summed E-state index contributed by atoms with van der Waals surface area (Å²) in [5, 5.41) is 12.6. The zero-order valence-corrected chi connectivity index (χ0v) is 13.2. The van der Waals surface area contributed by atoms with Crippen molar-refractivity contribution >= 4 is 0 Å². The predicted octanol–water partition coefficient (Wildman–Crippen LogP) is 1.86. The van der Waals surface area contributed by atoms with Crippen molar-refractivity contribution in [3.63, 3.8) is 0 Å². The van der Waals surface area contributed by atoms with Crippen LogP contribution in [-0.2, 0) is 13.1 Å². The van der Waals surface area contributed by atoms with Crippen molar-refractivity contribution in [1.29, 1.82) is 0 Å². The summed E-state index contributed by atoms with van der Waals surface area (Å²) in [4.78, 5) is 7.00. The SMILES string of the molecule is CCn1c(C)nnc1CN1CCC(c2nc(C3CC3)no2)C1. The van der Waals surface area contributed by atoms with Gasteiger partial charge in [0.25, 0.3) is 0 Å². The fourth-order valence-electron chi connectivity index (χ4n) is 3.25. The number of hydrogen-bond acceptors (Lipinski definition) is 6. The molecule has 0 bridgehead atoms. The van der Waals surface area contributed by atoms with Gasteiger partial charge in [-0.1, -0.05) is 5.16 Å². The van der Waals surface area contributed by atoms with Crippen LogP contribution in [0.1, 0.15) is 61.4 Å². The molecule has 3 heterocycles. The molecular weight excluding hydrogens is 280 g/mol. The molecule has 118 valence electrons. The molecule has 1 saturated heterocycles. The number of hydrogen-bond donors (Lipinski definition) is 0. The van der Waals surface area contributed by atoms with Gasteiger partial charge in [-0.25, -0.2) is 0 Å². The lowest BCUT2D eigenvalue weighted by molar-refractivity contribution is 0.298. The number of aryl methyl sites for hydroxylation is 1. The standard InChI is InChI=1S/C15H22N6O/c1-3-21-10(2)17-18-13(21)9-20-7-6-12(8-20)15-16-14(19-22-15)11-4-5-11/h11-12H,3-9H2,1-2H3. The fourth-order valence-corrected chi connectivity index (χ4v) is 3.25. The lowest BCUT2D eigenvalue weighted by Gasteiger charge is -2.15. The molecule has 2 aliphatic rings. The zero-order chi connectivity index (χ0) is 15.1. The Bertz CT molecular complexity index is 659. The Morgan fingerprint density at radius 3 is 2.82 bits per heavy atom. The summed E-state index contributed by atoms with van der Waals surface area (Å²) < 4.78 is 7.65. The average molecular weight is 302 g/mol. The molecule has 4 rings (SSSR count). The molecule has 7 nitrogen and oxygen atoms in total. The number of nitrogens with zero attached hydrogens (tertiary/aromatic N) is 6. The van der Waals surface area contributed by atoms with Crippen molar-refractivity contribution in [1.82, 2.24) is 29.8 Å². The van der Waals surface area contributed by atoms with Crippen LogP contribution in [0.2, 0.25) is 0 Å². The summed E-state index contributed by atoms with van der Waals surface area (Å²) in [7, 11) is 0. The summed E-state index contributed by atoms with van der Waals surface area (Å²) in [5.41, 5.74) is 0. The maximum Gasteiger partial charge on any atom is 0.231 e. The van der Waals surface area contributed by atoms with Gasteiger partial charge in [-0.2, -0.15) is 4.98 Å². The Hall–Kier alpha value is -1.76. The van der Waals surface area contributed by atoms with E-state index in [4.69, 9.17) is 4.52 Å². The van der Waals surface area contributed by atoms with E-state index in [-0.39, 0.29) is 0 Å². The number of aromatic nitrogens is 5. The van der Waals surface area contributed by atoms with Gasteiger partial charge in [-0.05, 0) is 39.7 Å². The molecule has 0 radical (unpaired) electrons. The maximum atomic E-state index is 5.48. The molecule has 2 aromatic rings. The fraction of sp³-hybridized carbons (Fsp3) is 0.733. The van der Waals surface area contributed by atoms with E-state index in [9.17, 15) is 0 Å². The van der Waals surface area contributed by atoms with Crippen LogP contribution < -0.4 is 0 Å². The van der Waals surface area contributed by atoms with Gasteiger partial charge in [-0.3, -0.25) is 4.90 Å². The van der Waals surface area contributed by atoms with E-state index >= 15 is 0 Å². The van der Waals surface area contributed by atoms with E-state index < -0.39 is 0 Å². The van der Waals surface area contributed by atoms with Crippen LogP contribution in [-0.4, -0.2) is 42.9 Å². The minimum atomic E-state index is 0.360. The van der Waals surface area contributed by atoms with Gasteiger partial charge >= 0.3 is 0 Å². The van der Waals surface area contributed by atoms with Crippen molar-refractivity contribution < 1.29 is 4.52 Å². The van der Waals surface area contributed by atoms with Gasteiger partial charge < -0.3 is 9.09 Å². The van der Waals surface area contributed by atoms with Crippen LogP contribution in [0.15, 0.2) is 4.52 Å². The predicted molar refractivity (Wildman–Crippen MR) is 79.3 cm³/mol. The third-order valence-electron chi connectivity index (χ3n) is 4.72. The van der Waals surface area contributed by atoms with Crippen molar-refractivity contribution in [2.45, 2.75) is 58.0 Å². The van der Waals surface area contributed by atoms with E-state index in [1.165, 1.54) is 12.8 Å². The van der Waals surface area contributed by atoms with Crippen LogP contribution in [0.4, 0.5) is 0 Å². The molecule has 7 heteroatoms. The topological polar surface area (TPSA) is 72.9 Å². The van der Waals surface area contributed by atoms with E-state index in [0.29, 0.717) is 11.8 Å². The first-order chi connectivity index (χ1) is 10.7. The number of rotatable bonds is 5. The quantitative estimate of drug-likeness (QED) is 0.839. The number of likely N-dealkylation sites (tertiary alicyclic amines) is 1. The van der Waals surface area contributed by atoms with Crippen molar-refractivity contribution in [2.24, 2.45) is 0 Å². The maximum absolute atomic E-state index is 5.48. The second kappa shape index (κ2) is 5.46. The average Bonchev–Trinajstić information content (AvgIpc) is 2.95. The monoisotopic (exact) mass is 302 g/mol. The highest BCUT2D eigenvalue weighted by Gasteiger charge is 2.33. The molecule has 22 heavy (non-hydrogen) atoms. The first-order valence-electron chi connectivity index (χ1n) is 8.19. The van der Waals surface area contributed by atoms with Gasteiger partial charge in [0.15, 0.2) is 5.82 Å². The van der Waals surface area contributed by atoms with Crippen LogP contribution >= 0.6 is 0 Å². The molecule has 0 aromatic carbocycles. The normalized spacial score (nSPS) is 22.5. The van der Waals surface area contributed by atoms with Gasteiger partial charge in [0.1, 0.15) is 11.6 Å². The smallest absolute Gasteiger partial charge is 0.231 e. The summed E-state index contributed by atoms with van der Waals surface area (Å²) in [6.45, 7) is 7.90. The molecule has 1 aliphatic carbocycles. The van der Waals surface area contributed by atoms with Crippen molar-refractivity contribution in [3.8, 4) is 0 Å². The van der Waals surface area contributed by atoms with Crippen LogP contribution in [0, 0.1) is 6.92 Å². The Labute approximate surface area is 129 Å². The highest BCUT2D eigenvalue weighted by molar-refractivity contribution is 5.07. The van der Waals surface area contributed by atoms with Crippen LogP contribution in [0.25, 0.3) is 0 Å². The van der Waals surface area contributed by atoms with Gasteiger partial charge in [0.05, 0.1) is 12.5 Å². The molecule has 1 unspecified atom stereocenters. The third-order valence-corrected chi connectivity index (χ3v) is 4.72. The highest BCUT2D eigenvalue weighted by Crippen LogP contribution is 2.39. The molecule has 1 saturated carbocycles. The molecule has 1 aliphatic heterocycles. The van der Waals surface area contributed by atoms with Crippen molar-refractivity contribution in [2.75, 3.05) is 13.1 Å². The van der Waals surface area contributed by atoms with Crippen LogP contribution in [0.3, 0.4) is 0 Å². The van der Waals surface area contributed by atoms with E-state index in [1.54, 1.807) is 0 Å². The van der Waals surface area contributed by atoms with E-state index in [0.717, 1.165) is 56.0 Å². The summed E-state index contributed by atoms with van der Waals surface area (Å²) in [6, 6.07) is 0. The molecule has 2 fully saturated rings. The molecule has 0 amide bonds. The molecular formula is C15H22N6O. The largest absolute Gasteiger partial charge is 0.339 e. The minimum Gasteiger partial charge on any atom is -0.339 e. The first kappa shape index (κ1) is 13.9. The van der Waals surface area contributed by atoms with E-state index in [2.05, 4.69) is 36.7 Å². The Balaban J connectivity index is 1.41. The summed E-state index contributed by atoms with van der Waals surface area (Å²) in [5.74, 6) is 4.68.